The summed E-state index contributed by atoms with van der Waals surface area (Å²) in [4.78, 5) is 10.5. The average Bonchev–Trinajstić information content (AvgIpc) is 2.84. The Balaban J connectivity index is 1.93. The van der Waals surface area contributed by atoms with Crippen LogP contribution >= 0.6 is 15.9 Å². The first-order valence-electron chi connectivity index (χ1n) is 5.91. The molecule has 6 heteroatoms. The molecule has 0 amide bonds. The van der Waals surface area contributed by atoms with Crippen LogP contribution in [0.3, 0.4) is 0 Å². The summed E-state index contributed by atoms with van der Waals surface area (Å²) < 4.78 is 6.26. The van der Waals surface area contributed by atoms with Crippen molar-refractivity contribution in [1.82, 2.24) is 5.32 Å². The molecule has 18 heavy (non-hydrogen) atoms. The quantitative estimate of drug-likeness (QED) is 0.670. The minimum atomic E-state index is -0.378. The summed E-state index contributed by atoms with van der Waals surface area (Å²) in [6.45, 7) is 1.92. The van der Waals surface area contributed by atoms with Gasteiger partial charge >= 0.3 is 0 Å². The van der Waals surface area contributed by atoms with E-state index in [0.717, 1.165) is 13.0 Å². The first kappa shape index (κ1) is 13.5. The molecule has 0 aromatic heterocycles. The summed E-state index contributed by atoms with van der Waals surface area (Å²) in [5.41, 5.74) is 0.713. The van der Waals surface area contributed by atoms with E-state index in [-0.39, 0.29) is 17.2 Å². The SMILES string of the molecule is O=[N+]([O-])c1cc(Br)ccc1COCC1CCCN1. The number of benzene rings is 1. The molecule has 0 bridgehead atoms. The standard InChI is InChI=1S/C12H15BrN2O3/c13-10-4-3-9(12(6-10)15(16)17)7-18-8-11-2-1-5-14-11/h3-4,6,11,14H,1-2,5,7-8H2. The molecular weight excluding hydrogens is 300 g/mol. The van der Waals surface area contributed by atoms with Crippen molar-refractivity contribution in [2.24, 2.45) is 0 Å². The van der Waals surface area contributed by atoms with Gasteiger partial charge in [-0.2, -0.15) is 0 Å². The van der Waals surface area contributed by atoms with Gasteiger partial charge in [0.15, 0.2) is 0 Å². The lowest BCUT2D eigenvalue weighted by Gasteiger charge is -2.11. The van der Waals surface area contributed by atoms with Crippen molar-refractivity contribution in [2.75, 3.05) is 13.2 Å². The molecular formula is C12H15BrN2O3. The lowest BCUT2D eigenvalue weighted by atomic mass is 10.2. The zero-order chi connectivity index (χ0) is 13.0. The van der Waals surface area contributed by atoms with E-state index in [0.29, 0.717) is 22.7 Å². The fraction of sp³-hybridized carbons (Fsp3) is 0.500. The fourth-order valence-electron chi connectivity index (χ4n) is 2.04. The summed E-state index contributed by atoms with van der Waals surface area (Å²) in [6.07, 6.45) is 2.29. The Kier molecular flexibility index (Phi) is 4.68. The number of hydrogen-bond donors (Lipinski definition) is 1. The molecule has 1 aliphatic heterocycles. The molecule has 0 aliphatic carbocycles. The van der Waals surface area contributed by atoms with Gasteiger partial charge in [0.2, 0.25) is 0 Å². The lowest BCUT2D eigenvalue weighted by molar-refractivity contribution is -0.386. The summed E-state index contributed by atoms with van der Waals surface area (Å²) >= 11 is 3.23. The maximum atomic E-state index is 10.9. The highest BCUT2D eigenvalue weighted by Gasteiger charge is 2.17. The second-order valence-electron chi connectivity index (χ2n) is 4.34. The normalized spacial score (nSPS) is 19.1. The molecule has 1 heterocycles. The van der Waals surface area contributed by atoms with Crippen LogP contribution in [-0.4, -0.2) is 24.1 Å². The molecule has 1 fully saturated rings. The number of nitro benzene ring substituents is 1. The second-order valence-corrected chi connectivity index (χ2v) is 5.25. The maximum absolute atomic E-state index is 10.9. The number of ether oxygens (including phenoxy) is 1. The molecule has 1 unspecified atom stereocenters. The third kappa shape index (κ3) is 3.51. The van der Waals surface area contributed by atoms with Gasteiger partial charge in [-0.25, -0.2) is 0 Å². The lowest BCUT2D eigenvalue weighted by Crippen LogP contribution is -2.26. The van der Waals surface area contributed by atoms with E-state index < -0.39 is 0 Å². The Morgan fingerprint density at radius 2 is 2.39 bits per heavy atom. The molecule has 2 rings (SSSR count). The highest BCUT2D eigenvalue weighted by molar-refractivity contribution is 9.10. The van der Waals surface area contributed by atoms with Crippen LogP contribution in [0.2, 0.25) is 0 Å². The topological polar surface area (TPSA) is 64.4 Å². The highest BCUT2D eigenvalue weighted by atomic mass is 79.9. The van der Waals surface area contributed by atoms with Crippen molar-refractivity contribution in [2.45, 2.75) is 25.5 Å². The van der Waals surface area contributed by atoms with Crippen LogP contribution in [0.15, 0.2) is 22.7 Å². The van der Waals surface area contributed by atoms with Crippen molar-refractivity contribution in [1.29, 1.82) is 0 Å². The van der Waals surface area contributed by atoms with Gasteiger partial charge in [-0.1, -0.05) is 15.9 Å². The predicted molar refractivity (Wildman–Crippen MR) is 71.5 cm³/mol. The van der Waals surface area contributed by atoms with E-state index in [1.165, 1.54) is 12.5 Å². The van der Waals surface area contributed by atoms with Gasteiger partial charge in [0.05, 0.1) is 23.7 Å². The second kappa shape index (κ2) is 6.26. The van der Waals surface area contributed by atoms with Gasteiger partial charge < -0.3 is 10.1 Å². The summed E-state index contributed by atoms with van der Waals surface area (Å²) in [5, 5.41) is 14.2. The zero-order valence-electron chi connectivity index (χ0n) is 9.89. The van der Waals surface area contributed by atoms with E-state index >= 15 is 0 Å². The zero-order valence-corrected chi connectivity index (χ0v) is 11.5. The molecule has 0 radical (unpaired) electrons. The summed E-state index contributed by atoms with van der Waals surface area (Å²) in [5.74, 6) is 0. The van der Waals surface area contributed by atoms with E-state index in [1.54, 1.807) is 12.1 Å². The van der Waals surface area contributed by atoms with Gasteiger partial charge in [0.25, 0.3) is 5.69 Å². The molecule has 5 nitrogen and oxygen atoms in total. The van der Waals surface area contributed by atoms with Crippen molar-refractivity contribution < 1.29 is 9.66 Å². The van der Waals surface area contributed by atoms with Crippen LogP contribution in [0, 0.1) is 10.1 Å². The fourth-order valence-corrected chi connectivity index (χ4v) is 2.39. The molecule has 1 aromatic carbocycles. The number of rotatable bonds is 5. The average molecular weight is 315 g/mol. The largest absolute Gasteiger partial charge is 0.375 e. The van der Waals surface area contributed by atoms with Crippen LogP contribution in [0.5, 0.6) is 0 Å². The predicted octanol–water partition coefficient (Wildman–Crippen LogP) is 2.63. The molecule has 1 aromatic rings. The number of nitro groups is 1. The first-order valence-corrected chi connectivity index (χ1v) is 6.70. The van der Waals surface area contributed by atoms with Gasteiger partial charge in [0.1, 0.15) is 0 Å². The molecule has 1 aliphatic rings. The molecule has 0 saturated carbocycles. The maximum Gasteiger partial charge on any atom is 0.276 e. The third-order valence-electron chi connectivity index (χ3n) is 2.98. The van der Waals surface area contributed by atoms with Crippen LogP contribution in [0.1, 0.15) is 18.4 Å². The number of halogens is 1. The Bertz CT molecular complexity index is 433. The van der Waals surface area contributed by atoms with Crippen molar-refractivity contribution in [3.63, 3.8) is 0 Å². The Morgan fingerprint density at radius 1 is 1.56 bits per heavy atom. The minimum absolute atomic E-state index is 0.101. The van der Waals surface area contributed by atoms with Crippen molar-refractivity contribution >= 4 is 21.6 Å². The van der Waals surface area contributed by atoms with Crippen LogP contribution in [0.25, 0.3) is 0 Å². The van der Waals surface area contributed by atoms with Gasteiger partial charge in [-0.05, 0) is 31.5 Å². The number of nitrogens with one attached hydrogen (secondary N) is 1. The number of nitrogens with zero attached hydrogens (tertiary/aromatic N) is 1. The van der Waals surface area contributed by atoms with Gasteiger partial charge in [-0.3, -0.25) is 10.1 Å². The molecule has 0 spiro atoms. The Hall–Kier alpha value is -0.980. The summed E-state index contributed by atoms with van der Waals surface area (Å²) in [7, 11) is 0. The molecule has 1 saturated heterocycles. The van der Waals surface area contributed by atoms with E-state index in [1.807, 2.05) is 0 Å². The van der Waals surface area contributed by atoms with E-state index in [9.17, 15) is 10.1 Å². The Morgan fingerprint density at radius 3 is 3.06 bits per heavy atom. The van der Waals surface area contributed by atoms with Gasteiger partial charge in [-0.15, -0.1) is 0 Å². The van der Waals surface area contributed by atoms with E-state index in [2.05, 4.69) is 21.2 Å². The third-order valence-corrected chi connectivity index (χ3v) is 3.48. The van der Waals surface area contributed by atoms with Crippen molar-refractivity contribution in [3.05, 3.63) is 38.3 Å². The first-order chi connectivity index (χ1) is 8.66. The molecule has 1 atom stereocenters. The van der Waals surface area contributed by atoms with Crippen LogP contribution < -0.4 is 5.32 Å². The summed E-state index contributed by atoms with van der Waals surface area (Å²) in [6, 6.07) is 5.41. The Labute approximate surface area is 114 Å². The molecule has 98 valence electrons. The smallest absolute Gasteiger partial charge is 0.276 e. The van der Waals surface area contributed by atoms with E-state index in [4.69, 9.17) is 4.74 Å². The van der Waals surface area contributed by atoms with Crippen LogP contribution in [-0.2, 0) is 11.3 Å². The van der Waals surface area contributed by atoms with Gasteiger partial charge in [0, 0.05) is 16.6 Å². The van der Waals surface area contributed by atoms with Crippen LogP contribution in [0.4, 0.5) is 5.69 Å². The monoisotopic (exact) mass is 314 g/mol. The molecule has 1 N–H and O–H groups in total. The number of hydrogen-bond acceptors (Lipinski definition) is 4. The van der Waals surface area contributed by atoms with Crippen molar-refractivity contribution in [3.8, 4) is 0 Å². The minimum Gasteiger partial charge on any atom is -0.375 e. The highest BCUT2D eigenvalue weighted by Crippen LogP contribution is 2.24.